The van der Waals surface area contributed by atoms with Gasteiger partial charge in [-0.2, -0.15) is 0 Å². The molecule has 3 heteroatoms. The van der Waals surface area contributed by atoms with E-state index >= 15 is 0 Å². The summed E-state index contributed by atoms with van der Waals surface area (Å²) in [5.41, 5.74) is 1.70. The number of nitrogens with one attached hydrogen (secondary N) is 1. The Bertz CT molecular complexity index is 390. The van der Waals surface area contributed by atoms with E-state index in [4.69, 9.17) is 4.98 Å². The number of fused-ring (bicyclic) bond motifs is 1. The third-order valence-electron chi connectivity index (χ3n) is 3.46. The fraction of sp³-hybridized carbons (Fsp3) is 0.750. The average molecular weight is 222 g/mol. The van der Waals surface area contributed by atoms with Crippen LogP contribution in [-0.2, 0) is 5.41 Å². The van der Waals surface area contributed by atoms with Gasteiger partial charge in [-0.25, -0.2) is 4.98 Å². The molecular formula is C12H18N2S. The molecule has 1 heterocycles. The average Bonchev–Trinajstić information content (AvgIpc) is 2.75. The van der Waals surface area contributed by atoms with Gasteiger partial charge in [-0.15, -0.1) is 11.3 Å². The van der Waals surface area contributed by atoms with Gasteiger partial charge in [0.2, 0.25) is 0 Å². The molecule has 1 fully saturated rings. The van der Waals surface area contributed by atoms with Gasteiger partial charge in [0.1, 0.15) is 0 Å². The minimum atomic E-state index is 0.343. The number of anilines is 1. The molecule has 3 rings (SSSR count). The Balaban J connectivity index is 1.93. The van der Waals surface area contributed by atoms with Crippen molar-refractivity contribution in [2.75, 3.05) is 5.32 Å². The number of nitrogens with zero attached hydrogens (tertiary/aromatic N) is 1. The fourth-order valence-electron chi connectivity index (χ4n) is 2.57. The second-order valence-electron chi connectivity index (χ2n) is 5.64. The van der Waals surface area contributed by atoms with Crippen LogP contribution >= 0.6 is 11.3 Å². The summed E-state index contributed by atoms with van der Waals surface area (Å²) in [7, 11) is 0. The van der Waals surface area contributed by atoms with Crippen molar-refractivity contribution in [3.05, 3.63) is 10.6 Å². The van der Waals surface area contributed by atoms with Crippen LogP contribution in [0, 0.1) is 0 Å². The minimum Gasteiger partial charge on any atom is -0.359 e. The van der Waals surface area contributed by atoms with Gasteiger partial charge in [-0.1, -0.05) is 20.8 Å². The standard InChI is InChI=1S/C12H18N2S/c1-7-6-12(2,3)10-9(7)14-11(15-10)13-8-4-5-8/h7-8H,4-6H2,1-3H3,(H,13,14). The van der Waals surface area contributed by atoms with E-state index < -0.39 is 0 Å². The maximum absolute atomic E-state index is 4.75. The highest BCUT2D eigenvalue weighted by Gasteiger charge is 2.38. The molecule has 1 aromatic heterocycles. The van der Waals surface area contributed by atoms with Crippen molar-refractivity contribution < 1.29 is 0 Å². The highest BCUT2D eigenvalue weighted by atomic mass is 32.1. The Morgan fingerprint density at radius 3 is 2.73 bits per heavy atom. The van der Waals surface area contributed by atoms with E-state index in [9.17, 15) is 0 Å². The maximum atomic E-state index is 4.75. The minimum absolute atomic E-state index is 0.343. The zero-order valence-corrected chi connectivity index (χ0v) is 10.4. The highest BCUT2D eigenvalue weighted by molar-refractivity contribution is 7.16. The topological polar surface area (TPSA) is 24.9 Å². The third-order valence-corrected chi connectivity index (χ3v) is 4.82. The van der Waals surface area contributed by atoms with Gasteiger partial charge in [0.15, 0.2) is 5.13 Å². The van der Waals surface area contributed by atoms with Gasteiger partial charge in [0.25, 0.3) is 0 Å². The Morgan fingerprint density at radius 2 is 2.13 bits per heavy atom. The van der Waals surface area contributed by atoms with Crippen LogP contribution in [0.1, 0.15) is 56.5 Å². The van der Waals surface area contributed by atoms with E-state index in [0.717, 1.165) is 11.2 Å². The largest absolute Gasteiger partial charge is 0.359 e. The van der Waals surface area contributed by atoms with Gasteiger partial charge < -0.3 is 5.32 Å². The van der Waals surface area contributed by atoms with Crippen LogP contribution < -0.4 is 5.32 Å². The Morgan fingerprint density at radius 1 is 1.40 bits per heavy atom. The molecule has 0 aliphatic heterocycles. The van der Waals surface area contributed by atoms with Gasteiger partial charge in [-0.3, -0.25) is 0 Å². The number of hydrogen-bond acceptors (Lipinski definition) is 3. The van der Waals surface area contributed by atoms with Gasteiger partial charge >= 0.3 is 0 Å². The molecule has 2 nitrogen and oxygen atoms in total. The summed E-state index contributed by atoms with van der Waals surface area (Å²) in [6.45, 7) is 6.98. The summed E-state index contributed by atoms with van der Waals surface area (Å²) in [5.74, 6) is 0.640. The van der Waals surface area contributed by atoms with E-state index in [2.05, 4.69) is 26.1 Å². The number of thiazole rings is 1. The molecule has 1 saturated carbocycles. The van der Waals surface area contributed by atoms with Crippen molar-refractivity contribution in [3.8, 4) is 0 Å². The number of aromatic nitrogens is 1. The highest BCUT2D eigenvalue weighted by Crippen LogP contribution is 2.49. The van der Waals surface area contributed by atoms with E-state index in [0.29, 0.717) is 11.3 Å². The summed E-state index contributed by atoms with van der Waals surface area (Å²) in [5, 5.41) is 4.67. The van der Waals surface area contributed by atoms with Crippen LogP contribution in [0.25, 0.3) is 0 Å². The van der Waals surface area contributed by atoms with Gasteiger partial charge in [0.05, 0.1) is 5.69 Å². The van der Waals surface area contributed by atoms with Gasteiger partial charge in [-0.05, 0) is 19.3 Å². The van der Waals surface area contributed by atoms with Crippen LogP contribution in [0.4, 0.5) is 5.13 Å². The van der Waals surface area contributed by atoms with Crippen LogP contribution in [0.3, 0.4) is 0 Å². The molecule has 0 saturated heterocycles. The molecule has 1 atom stereocenters. The molecule has 1 unspecified atom stereocenters. The SMILES string of the molecule is CC1CC(C)(C)c2sc(NC3CC3)nc21. The second kappa shape index (κ2) is 2.97. The second-order valence-corrected chi connectivity index (χ2v) is 6.64. The van der Waals surface area contributed by atoms with Crippen molar-refractivity contribution in [2.24, 2.45) is 0 Å². The Hall–Kier alpha value is -0.570. The van der Waals surface area contributed by atoms with Crippen molar-refractivity contribution in [3.63, 3.8) is 0 Å². The summed E-state index contributed by atoms with van der Waals surface area (Å²) in [4.78, 5) is 6.27. The fourth-order valence-corrected chi connectivity index (χ4v) is 3.84. The molecule has 0 bridgehead atoms. The molecule has 2 aliphatic rings. The predicted molar refractivity (Wildman–Crippen MR) is 64.8 cm³/mol. The van der Waals surface area contributed by atoms with E-state index in [-0.39, 0.29) is 0 Å². The first-order valence-corrected chi connectivity index (χ1v) is 6.65. The maximum Gasteiger partial charge on any atom is 0.183 e. The number of rotatable bonds is 2. The van der Waals surface area contributed by atoms with Crippen molar-refractivity contribution in [2.45, 2.75) is 57.4 Å². The van der Waals surface area contributed by atoms with E-state index in [1.165, 1.54) is 29.8 Å². The lowest BCUT2D eigenvalue weighted by Gasteiger charge is -2.16. The van der Waals surface area contributed by atoms with Crippen LogP contribution in [0.2, 0.25) is 0 Å². The molecule has 15 heavy (non-hydrogen) atoms. The molecule has 0 amide bonds. The lowest BCUT2D eigenvalue weighted by atomic mass is 9.91. The van der Waals surface area contributed by atoms with E-state index in [1.54, 1.807) is 0 Å². The summed E-state index contributed by atoms with van der Waals surface area (Å²) in [6.07, 6.45) is 3.90. The summed E-state index contributed by atoms with van der Waals surface area (Å²) >= 11 is 1.88. The molecule has 2 aliphatic carbocycles. The lowest BCUT2D eigenvalue weighted by molar-refractivity contribution is 0.493. The zero-order valence-electron chi connectivity index (χ0n) is 9.63. The first-order chi connectivity index (χ1) is 7.06. The third kappa shape index (κ3) is 1.57. The zero-order chi connectivity index (χ0) is 10.6. The van der Waals surface area contributed by atoms with Crippen LogP contribution in [0.15, 0.2) is 0 Å². The van der Waals surface area contributed by atoms with E-state index in [1.807, 2.05) is 11.3 Å². The Labute approximate surface area is 95.1 Å². The Kier molecular flexibility index (Phi) is 1.91. The van der Waals surface area contributed by atoms with Crippen molar-refractivity contribution in [1.82, 2.24) is 4.98 Å². The molecule has 0 aromatic carbocycles. The van der Waals surface area contributed by atoms with Crippen molar-refractivity contribution >= 4 is 16.5 Å². The summed E-state index contributed by atoms with van der Waals surface area (Å²) < 4.78 is 0. The first kappa shape index (κ1) is 9.64. The normalized spacial score (nSPS) is 27.8. The first-order valence-electron chi connectivity index (χ1n) is 5.84. The smallest absolute Gasteiger partial charge is 0.183 e. The molecule has 0 spiro atoms. The van der Waals surface area contributed by atoms with Crippen LogP contribution in [-0.4, -0.2) is 11.0 Å². The number of hydrogen-bond donors (Lipinski definition) is 1. The monoisotopic (exact) mass is 222 g/mol. The quantitative estimate of drug-likeness (QED) is 0.828. The van der Waals surface area contributed by atoms with Crippen LogP contribution in [0.5, 0.6) is 0 Å². The molecular weight excluding hydrogens is 204 g/mol. The molecule has 1 aromatic rings. The van der Waals surface area contributed by atoms with Crippen molar-refractivity contribution in [1.29, 1.82) is 0 Å². The lowest BCUT2D eigenvalue weighted by Crippen LogP contribution is -2.10. The molecule has 82 valence electrons. The molecule has 0 radical (unpaired) electrons. The van der Waals surface area contributed by atoms with Gasteiger partial charge in [0, 0.05) is 22.3 Å². The predicted octanol–water partition coefficient (Wildman–Crippen LogP) is 3.50. The summed E-state index contributed by atoms with van der Waals surface area (Å²) in [6, 6.07) is 0.717. The molecule has 1 N–H and O–H groups in total.